The lowest BCUT2D eigenvalue weighted by Gasteiger charge is -2.57. The average molecular weight is 331 g/mol. The Labute approximate surface area is 138 Å². The summed E-state index contributed by atoms with van der Waals surface area (Å²) in [5, 5.41) is 0. The zero-order chi connectivity index (χ0) is 15.5. The maximum absolute atomic E-state index is 13.0. The quantitative estimate of drug-likeness (QED) is 0.734. The Bertz CT molecular complexity index is 802. The van der Waals surface area contributed by atoms with E-state index < -0.39 is 9.75 Å². The number of halogens is 2. The first-order chi connectivity index (χ1) is 10.5. The van der Waals surface area contributed by atoms with Crippen molar-refractivity contribution in [1.29, 1.82) is 0 Å². The van der Waals surface area contributed by atoms with Crippen LogP contribution in [0.25, 0.3) is 0 Å². The van der Waals surface area contributed by atoms with Crippen LogP contribution in [0.2, 0.25) is 0 Å². The number of benzene rings is 2. The normalized spacial score (nSPS) is 32.9. The minimum absolute atomic E-state index is 0.244. The standard InChI is InChI=1S/C18H12Cl2O2/c19-17-10-14(11-6-2-1-3-7-11)18(17,20)16(22)13-9-5-4-8-12(13)15(17)21/h1-9,14H,10H2/t14-,17-,18+/m0/s1. The molecule has 3 atom stereocenters. The van der Waals surface area contributed by atoms with Gasteiger partial charge in [-0.25, -0.2) is 0 Å². The number of hydrogen-bond acceptors (Lipinski definition) is 2. The van der Waals surface area contributed by atoms with E-state index in [1.54, 1.807) is 24.3 Å². The second-order valence-electron chi connectivity index (χ2n) is 5.88. The van der Waals surface area contributed by atoms with Gasteiger partial charge in [0.15, 0.2) is 11.6 Å². The van der Waals surface area contributed by atoms with Gasteiger partial charge < -0.3 is 0 Å². The monoisotopic (exact) mass is 330 g/mol. The topological polar surface area (TPSA) is 34.1 Å². The summed E-state index contributed by atoms with van der Waals surface area (Å²) in [4.78, 5) is 23.0. The number of carbonyl (C=O) groups is 2. The van der Waals surface area contributed by atoms with Crippen LogP contribution in [0.1, 0.15) is 38.6 Å². The minimum atomic E-state index is -1.40. The van der Waals surface area contributed by atoms with E-state index in [-0.39, 0.29) is 17.5 Å². The van der Waals surface area contributed by atoms with Gasteiger partial charge in [0.2, 0.25) is 0 Å². The van der Waals surface area contributed by atoms with Gasteiger partial charge in [-0.15, -0.1) is 23.2 Å². The molecule has 1 saturated carbocycles. The van der Waals surface area contributed by atoms with Crippen molar-refractivity contribution in [3.63, 3.8) is 0 Å². The fraction of sp³-hybridized carbons (Fsp3) is 0.222. The first-order valence-electron chi connectivity index (χ1n) is 7.11. The molecule has 22 heavy (non-hydrogen) atoms. The molecule has 0 radical (unpaired) electrons. The molecule has 0 saturated heterocycles. The molecular formula is C18H12Cl2O2. The molecule has 110 valence electrons. The third-order valence-corrected chi connectivity index (χ3v) is 6.33. The van der Waals surface area contributed by atoms with Crippen LogP contribution in [0.5, 0.6) is 0 Å². The van der Waals surface area contributed by atoms with Gasteiger partial charge in [-0.2, -0.15) is 0 Å². The lowest BCUT2D eigenvalue weighted by atomic mass is 9.53. The number of ketones is 2. The number of hydrogen-bond donors (Lipinski definition) is 0. The smallest absolute Gasteiger partial charge is 0.187 e. The Morgan fingerprint density at radius 1 is 0.818 bits per heavy atom. The SMILES string of the molecule is O=C1c2ccccc2C(=O)[C@]2(Cl)[C@H](c3ccccc3)C[C@]12Cl. The highest BCUT2D eigenvalue weighted by Crippen LogP contribution is 2.65. The molecule has 2 aromatic carbocycles. The fourth-order valence-corrected chi connectivity index (χ4v) is 4.57. The molecule has 0 heterocycles. The maximum atomic E-state index is 13.0. The molecule has 0 unspecified atom stereocenters. The minimum Gasteiger partial charge on any atom is -0.292 e. The summed E-state index contributed by atoms with van der Waals surface area (Å²) in [5.41, 5.74) is 1.69. The molecular weight excluding hydrogens is 319 g/mol. The fourth-order valence-electron chi connectivity index (χ4n) is 3.63. The number of Topliss-reactive ketones (excluding diaryl/α,β-unsaturated/α-hetero) is 2. The van der Waals surface area contributed by atoms with Crippen molar-refractivity contribution < 1.29 is 9.59 Å². The number of fused-ring (bicyclic) bond motifs is 2. The summed E-state index contributed by atoms with van der Waals surface area (Å²) in [6.45, 7) is 0. The zero-order valence-corrected chi connectivity index (χ0v) is 13.1. The molecule has 0 aromatic heterocycles. The second kappa shape index (κ2) is 4.43. The van der Waals surface area contributed by atoms with Crippen LogP contribution in [0.15, 0.2) is 54.6 Å². The van der Waals surface area contributed by atoms with Gasteiger partial charge in [-0.3, -0.25) is 9.59 Å². The molecule has 0 spiro atoms. The van der Waals surface area contributed by atoms with E-state index >= 15 is 0 Å². The van der Waals surface area contributed by atoms with Crippen molar-refractivity contribution in [1.82, 2.24) is 0 Å². The highest BCUT2D eigenvalue weighted by molar-refractivity contribution is 6.56. The summed E-state index contributed by atoms with van der Waals surface area (Å²) >= 11 is 13.3. The lowest BCUT2D eigenvalue weighted by molar-refractivity contribution is 0.0630. The molecule has 0 N–H and O–H groups in total. The third-order valence-electron chi connectivity index (χ3n) is 4.85. The van der Waals surface area contributed by atoms with Crippen LogP contribution in [0.4, 0.5) is 0 Å². The number of rotatable bonds is 1. The summed E-state index contributed by atoms with van der Waals surface area (Å²) < 4.78 is 0. The Hall–Kier alpha value is -1.64. The van der Waals surface area contributed by atoms with Gasteiger partial charge in [-0.1, -0.05) is 54.6 Å². The molecule has 0 aliphatic heterocycles. The molecule has 4 rings (SSSR count). The molecule has 2 aliphatic rings. The summed E-state index contributed by atoms with van der Waals surface area (Å²) in [5.74, 6) is -0.747. The number of carbonyl (C=O) groups excluding carboxylic acids is 2. The van der Waals surface area contributed by atoms with E-state index in [4.69, 9.17) is 23.2 Å². The van der Waals surface area contributed by atoms with Gasteiger partial charge in [0.05, 0.1) is 0 Å². The summed E-state index contributed by atoms with van der Waals surface area (Å²) in [6, 6.07) is 16.3. The number of alkyl halides is 2. The predicted molar refractivity (Wildman–Crippen MR) is 86.1 cm³/mol. The summed E-state index contributed by atoms with van der Waals surface area (Å²) in [7, 11) is 0. The van der Waals surface area contributed by atoms with Gasteiger partial charge in [0.1, 0.15) is 9.75 Å². The second-order valence-corrected chi connectivity index (χ2v) is 7.13. The Balaban J connectivity index is 1.89. The highest BCUT2D eigenvalue weighted by atomic mass is 35.5. The molecule has 2 aromatic rings. The first kappa shape index (κ1) is 14.0. The first-order valence-corrected chi connectivity index (χ1v) is 7.87. The van der Waals surface area contributed by atoms with Crippen LogP contribution in [0.3, 0.4) is 0 Å². The van der Waals surface area contributed by atoms with Crippen molar-refractivity contribution in [2.24, 2.45) is 0 Å². The largest absolute Gasteiger partial charge is 0.292 e. The molecule has 0 bridgehead atoms. The maximum Gasteiger partial charge on any atom is 0.187 e. The van der Waals surface area contributed by atoms with E-state index in [9.17, 15) is 9.59 Å². The van der Waals surface area contributed by atoms with Gasteiger partial charge >= 0.3 is 0 Å². The van der Waals surface area contributed by atoms with E-state index in [0.717, 1.165) is 5.56 Å². The van der Waals surface area contributed by atoms with E-state index in [2.05, 4.69) is 0 Å². The third kappa shape index (κ3) is 1.47. The van der Waals surface area contributed by atoms with Crippen LogP contribution in [-0.2, 0) is 0 Å². The lowest BCUT2D eigenvalue weighted by Crippen LogP contribution is -2.71. The van der Waals surface area contributed by atoms with Crippen molar-refractivity contribution in [2.75, 3.05) is 0 Å². The van der Waals surface area contributed by atoms with E-state index in [1.807, 2.05) is 30.3 Å². The Morgan fingerprint density at radius 2 is 1.36 bits per heavy atom. The van der Waals surface area contributed by atoms with Crippen molar-refractivity contribution in [3.05, 3.63) is 71.3 Å². The van der Waals surface area contributed by atoms with Crippen LogP contribution >= 0.6 is 23.2 Å². The van der Waals surface area contributed by atoms with Crippen molar-refractivity contribution in [2.45, 2.75) is 22.1 Å². The molecule has 0 amide bonds. The summed E-state index contributed by atoms with van der Waals surface area (Å²) in [6.07, 6.45) is 0.376. The van der Waals surface area contributed by atoms with Crippen molar-refractivity contribution >= 4 is 34.8 Å². The predicted octanol–water partition coefficient (Wildman–Crippen LogP) is 4.21. The molecule has 2 aliphatic carbocycles. The van der Waals surface area contributed by atoms with Gasteiger partial charge in [0, 0.05) is 17.0 Å². The van der Waals surface area contributed by atoms with Crippen LogP contribution < -0.4 is 0 Å². The Morgan fingerprint density at radius 3 is 2.00 bits per heavy atom. The zero-order valence-electron chi connectivity index (χ0n) is 11.6. The highest BCUT2D eigenvalue weighted by Gasteiger charge is 2.74. The van der Waals surface area contributed by atoms with E-state index in [0.29, 0.717) is 17.5 Å². The van der Waals surface area contributed by atoms with Crippen molar-refractivity contribution in [3.8, 4) is 0 Å². The van der Waals surface area contributed by atoms with Crippen LogP contribution in [0, 0.1) is 0 Å². The van der Waals surface area contributed by atoms with Gasteiger partial charge in [0.25, 0.3) is 0 Å². The average Bonchev–Trinajstić information content (AvgIpc) is 2.57. The molecule has 4 heteroatoms. The molecule has 1 fully saturated rings. The Kier molecular flexibility index (Phi) is 2.82. The van der Waals surface area contributed by atoms with E-state index in [1.165, 1.54) is 0 Å². The van der Waals surface area contributed by atoms with Crippen LogP contribution in [-0.4, -0.2) is 21.3 Å². The molecule has 2 nitrogen and oxygen atoms in total. The van der Waals surface area contributed by atoms with Gasteiger partial charge in [-0.05, 0) is 12.0 Å².